The number of piperidine rings is 1. The van der Waals surface area contributed by atoms with E-state index in [-0.39, 0.29) is 11.8 Å². The van der Waals surface area contributed by atoms with Crippen molar-refractivity contribution in [3.63, 3.8) is 0 Å². The van der Waals surface area contributed by atoms with Gasteiger partial charge in [0.15, 0.2) is 0 Å². The van der Waals surface area contributed by atoms with E-state index in [9.17, 15) is 9.59 Å². The molecule has 0 bridgehead atoms. The number of nitrogens with one attached hydrogen (secondary N) is 2. The number of fused-ring (bicyclic) bond motifs is 1. The SMILES string of the molecule is C=C1CCC(N2Cc3c(Nc4ccnc(N5CCN(c6cccc(C)c6)CC5)n4)cccc3C2=O)C(=O)N1. The van der Waals surface area contributed by atoms with Gasteiger partial charge in [-0.1, -0.05) is 24.8 Å². The maximum atomic E-state index is 13.2. The van der Waals surface area contributed by atoms with E-state index < -0.39 is 6.04 Å². The molecular weight excluding hydrogens is 478 g/mol. The summed E-state index contributed by atoms with van der Waals surface area (Å²) >= 11 is 0. The number of nitrogens with zero attached hydrogens (tertiary/aromatic N) is 5. The molecule has 2 aromatic carbocycles. The number of allylic oxidation sites excluding steroid dienone is 1. The highest BCUT2D eigenvalue weighted by Crippen LogP contribution is 2.34. The van der Waals surface area contributed by atoms with Crippen molar-refractivity contribution < 1.29 is 9.59 Å². The van der Waals surface area contributed by atoms with E-state index in [1.54, 1.807) is 11.1 Å². The molecule has 2 N–H and O–H groups in total. The second-order valence-electron chi connectivity index (χ2n) is 10.1. The molecule has 9 heteroatoms. The molecule has 0 saturated carbocycles. The van der Waals surface area contributed by atoms with Crippen molar-refractivity contribution in [1.29, 1.82) is 0 Å². The lowest BCUT2D eigenvalue weighted by atomic mass is 10.0. The number of hydrogen-bond donors (Lipinski definition) is 2. The van der Waals surface area contributed by atoms with Crippen molar-refractivity contribution >= 4 is 35.0 Å². The summed E-state index contributed by atoms with van der Waals surface area (Å²) in [4.78, 5) is 41.3. The van der Waals surface area contributed by atoms with Gasteiger partial charge in [-0.05, 0) is 55.7 Å². The number of amides is 2. The second kappa shape index (κ2) is 9.81. The maximum Gasteiger partial charge on any atom is 0.255 e. The first-order chi connectivity index (χ1) is 18.5. The maximum absolute atomic E-state index is 13.2. The van der Waals surface area contributed by atoms with Crippen molar-refractivity contribution in [1.82, 2.24) is 20.2 Å². The summed E-state index contributed by atoms with van der Waals surface area (Å²) in [6.45, 7) is 9.80. The van der Waals surface area contributed by atoms with Gasteiger partial charge in [0.1, 0.15) is 11.9 Å². The number of benzene rings is 2. The number of rotatable bonds is 5. The van der Waals surface area contributed by atoms with Crippen LogP contribution in [-0.4, -0.2) is 58.9 Å². The van der Waals surface area contributed by atoms with Crippen LogP contribution in [0.3, 0.4) is 0 Å². The lowest BCUT2D eigenvalue weighted by Gasteiger charge is -2.36. The number of aromatic nitrogens is 2. The van der Waals surface area contributed by atoms with E-state index in [0.29, 0.717) is 42.4 Å². The molecule has 1 aromatic heterocycles. The minimum absolute atomic E-state index is 0.119. The van der Waals surface area contributed by atoms with Gasteiger partial charge >= 0.3 is 0 Å². The fourth-order valence-electron chi connectivity index (χ4n) is 5.48. The Morgan fingerprint density at radius 1 is 1.03 bits per heavy atom. The van der Waals surface area contributed by atoms with E-state index in [4.69, 9.17) is 4.98 Å². The number of carbonyl (C=O) groups is 2. The average molecular weight is 510 g/mol. The fourth-order valence-corrected chi connectivity index (χ4v) is 5.48. The highest BCUT2D eigenvalue weighted by molar-refractivity contribution is 6.03. The molecule has 2 saturated heterocycles. The van der Waals surface area contributed by atoms with Gasteiger partial charge in [-0.25, -0.2) is 4.98 Å². The minimum atomic E-state index is -0.489. The topological polar surface area (TPSA) is 93.7 Å². The lowest BCUT2D eigenvalue weighted by molar-refractivity contribution is -0.126. The van der Waals surface area contributed by atoms with Crippen LogP contribution in [0.4, 0.5) is 23.1 Å². The number of hydrogen-bond acceptors (Lipinski definition) is 7. The Hall–Kier alpha value is -4.40. The van der Waals surface area contributed by atoms with Crippen molar-refractivity contribution in [2.45, 2.75) is 32.4 Å². The lowest BCUT2D eigenvalue weighted by Crippen LogP contribution is -2.49. The van der Waals surface area contributed by atoms with E-state index in [1.165, 1.54) is 11.3 Å². The molecule has 3 aliphatic rings. The smallest absolute Gasteiger partial charge is 0.255 e. The first-order valence-corrected chi connectivity index (χ1v) is 13.0. The van der Waals surface area contributed by atoms with Gasteiger partial charge in [0, 0.05) is 67.1 Å². The summed E-state index contributed by atoms with van der Waals surface area (Å²) in [5.41, 5.74) is 5.52. The third kappa shape index (κ3) is 4.55. The molecule has 6 rings (SSSR count). The molecule has 0 spiro atoms. The van der Waals surface area contributed by atoms with Crippen LogP contribution in [0.2, 0.25) is 0 Å². The largest absolute Gasteiger partial charge is 0.368 e. The van der Waals surface area contributed by atoms with Crippen molar-refractivity contribution in [3.05, 3.63) is 83.7 Å². The molecule has 1 unspecified atom stereocenters. The van der Waals surface area contributed by atoms with E-state index in [1.807, 2.05) is 24.3 Å². The number of carbonyl (C=O) groups excluding carboxylic acids is 2. The highest BCUT2D eigenvalue weighted by atomic mass is 16.2. The zero-order chi connectivity index (χ0) is 26.2. The van der Waals surface area contributed by atoms with E-state index in [2.05, 4.69) is 63.2 Å². The standard InChI is InChI=1S/C29H31N7O2/c1-19-5-3-6-21(17-19)34-13-15-35(16-14-34)29-30-12-11-26(33-29)32-24-8-4-7-22-23(24)18-36(28(22)38)25-10-9-20(2)31-27(25)37/h3-8,11-12,17,25H,2,9-10,13-16,18H2,1H3,(H,31,37)(H,30,32,33). The summed E-state index contributed by atoms with van der Waals surface area (Å²) in [6.07, 6.45) is 3.02. The Morgan fingerprint density at radius 2 is 1.82 bits per heavy atom. The average Bonchev–Trinajstić information content (AvgIpc) is 3.26. The van der Waals surface area contributed by atoms with Gasteiger partial charge in [0.05, 0.1) is 0 Å². The predicted molar refractivity (Wildman–Crippen MR) is 148 cm³/mol. The molecule has 1 atom stereocenters. The van der Waals surface area contributed by atoms with Crippen molar-refractivity contribution in [3.8, 4) is 0 Å². The summed E-state index contributed by atoms with van der Waals surface area (Å²) in [7, 11) is 0. The molecular formula is C29H31N7O2. The molecule has 9 nitrogen and oxygen atoms in total. The summed E-state index contributed by atoms with van der Waals surface area (Å²) < 4.78 is 0. The van der Waals surface area contributed by atoms with Crippen LogP contribution in [0.25, 0.3) is 0 Å². The van der Waals surface area contributed by atoms with Crippen LogP contribution in [-0.2, 0) is 11.3 Å². The second-order valence-corrected chi connectivity index (χ2v) is 10.1. The van der Waals surface area contributed by atoms with Crippen LogP contribution in [0.5, 0.6) is 0 Å². The summed E-state index contributed by atoms with van der Waals surface area (Å²) in [5.74, 6) is 1.07. The van der Waals surface area contributed by atoms with Crippen molar-refractivity contribution in [2.75, 3.05) is 41.3 Å². The molecule has 2 amide bonds. The Kier molecular flexibility index (Phi) is 6.19. The fraction of sp³-hybridized carbons (Fsp3) is 0.310. The quantitative estimate of drug-likeness (QED) is 0.543. The molecule has 0 aliphatic carbocycles. The summed E-state index contributed by atoms with van der Waals surface area (Å²) in [6, 6.07) is 15.6. The third-order valence-corrected chi connectivity index (χ3v) is 7.53. The van der Waals surface area contributed by atoms with Crippen LogP contribution in [0.1, 0.15) is 34.3 Å². The van der Waals surface area contributed by atoms with Gasteiger partial charge in [0.25, 0.3) is 5.91 Å². The molecule has 38 heavy (non-hydrogen) atoms. The molecule has 2 fully saturated rings. The van der Waals surface area contributed by atoms with Gasteiger partial charge in [-0.3, -0.25) is 9.59 Å². The van der Waals surface area contributed by atoms with E-state index in [0.717, 1.165) is 37.4 Å². The first kappa shape index (κ1) is 24.0. The van der Waals surface area contributed by atoms with Gasteiger partial charge in [-0.2, -0.15) is 4.98 Å². The van der Waals surface area contributed by atoms with Crippen LogP contribution >= 0.6 is 0 Å². The molecule has 194 valence electrons. The van der Waals surface area contributed by atoms with Crippen molar-refractivity contribution in [2.24, 2.45) is 0 Å². The Morgan fingerprint density at radius 3 is 2.61 bits per heavy atom. The number of aryl methyl sites for hydroxylation is 1. The van der Waals surface area contributed by atoms with Crippen LogP contribution in [0, 0.1) is 6.92 Å². The minimum Gasteiger partial charge on any atom is -0.368 e. The molecule has 3 aliphatic heterocycles. The Labute approximate surface area is 222 Å². The normalized spacial score (nSPS) is 19.4. The van der Waals surface area contributed by atoms with Gasteiger partial charge in [0.2, 0.25) is 11.9 Å². The molecule has 4 heterocycles. The third-order valence-electron chi connectivity index (χ3n) is 7.53. The zero-order valence-electron chi connectivity index (χ0n) is 21.5. The number of piperazine rings is 1. The summed E-state index contributed by atoms with van der Waals surface area (Å²) in [5, 5.41) is 6.20. The molecule has 3 aromatic rings. The zero-order valence-corrected chi connectivity index (χ0v) is 21.5. The van der Waals surface area contributed by atoms with Gasteiger partial charge in [-0.15, -0.1) is 0 Å². The Bertz CT molecular complexity index is 1410. The monoisotopic (exact) mass is 509 g/mol. The van der Waals surface area contributed by atoms with E-state index >= 15 is 0 Å². The first-order valence-electron chi connectivity index (χ1n) is 13.0. The predicted octanol–water partition coefficient (Wildman–Crippen LogP) is 3.60. The molecule has 0 radical (unpaired) electrons. The Balaban J connectivity index is 1.15. The van der Waals surface area contributed by atoms with Crippen LogP contribution in [0.15, 0.2) is 67.0 Å². The van der Waals surface area contributed by atoms with Gasteiger partial charge < -0.3 is 25.3 Å². The number of anilines is 4. The highest BCUT2D eigenvalue weighted by Gasteiger charge is 2.39. The van der Waals surface area contributed by atoms with Crippen LogP contribution < -0.4 is 20.4 Å².